The van der Waals surface area contributed by atoms with E-state index in [1.54, 1.807) is 11.0 Å². The van der Waals surface area contributed by atoms with E-state index >= 15 is 0 Å². The molecule has 0 aliphatic carbocycles. The highest BCUT2D eigenvalue weighted by Gasteiger charge is 2.24. The molecule has 3 rings (SSSR count). The zero-order valence-corrected chi connectivity index (χ0v) is 15.6. The molecule has 0 atom stereocenters. The number of halogens is 2. The summed E-state index contributed by atoms with van der Waals surface area (Å²) in [4.78, 5) is 14.3. The van der Waals surface area contributed by atoms with Gasteiger partial charge in [0, 0.05) is 18.7 Å². The van der Waals surface area contributed by atoms with Gasteiger partial charge in [-0.25, -0.2) is 4.39 Å². The summed E-state index contributed by atoms with van der Waals surface area (Å²) in [6.45, 7) is 2.11. The number of hydrogen-bond acceptors (Lipinski definition) is 3. The molecule has 0 unspecified atom stereocenters. The standard InChI is InChI=1S/C20H23FN2O2.ClH/c1-23(20(24)16-9-11-22-12-10-16)18-5-7-19(8-6-18)25-14-15-3-2-4-17(21)13-15;/h2-8,13,16,22H,9-12,14H2,1H3;1H. The Morgan fingerprint density at radius 2 is 1.88 bits per heavy atom. The van der Waals surface area contributed by atoms with Crippen molar-refractivity contribution in [2.75, 3.05) is 25.0 Å². The Labute approximate surface area is 159 Å². The van der Waals surface area contributed by atoms with Gasteiger partial charge < -0.3 is 15.0 Å². The molecule has 0 spiro atoms. The Morgan fingerprint density at radius 1 is 1.19 bits per heavy atom. The number of nitrogens with one attached hydrogen (secondary N) is 1. The monoisotopic (exact) mass is 378 g/mol. The Morgan fingerprint density at radius 3 is 2.54 bits per heavy atom. The number of rotatable bonds is 5. The molecule has 6 heteroatoms. The number of amides is 1. The molecule has 140 valence electrons. The molecule has 0 aromatic heterocycles. The van der Waals surface area contributed by atoms with Gasteiger partial charge in [0.2, 0.25) is 5.91 Å². The van der Waals surface area contributed by atoms with Crippen molar-refractivity contribution in [3.8, 4) is 5.75 Å². The van der Waals surface area contributed by atoms with Crippen molar-refractivity contribution in [2.24, 2.45) is 5.92 Å². The SMILES string of the molecule is CN(C(=O)C1CCNCC1)c1ccc(OCc2cccc(F)c2)cc1.Cl. The van der Waals surface area contributed by atoms with Crippen molar-refractivity contribution in [3.63, 3.8) is 0 Å². The second-order valence-corrected chi connectivity index (χ2v) is 6.33. The van der Waals surface area contributed by atoms with Crippen LogP contribution in [0.3, 0.4) is 0 Å². The van der Waals surface area contributed by atoms with E-state index in [-0.39, 0.29) is 30.0 Å². The molecule has 1 aliphatic rings. The van der Waals surface area contributed by atoms with Crippen LogP contribution in [0.5, 0.6) is 5.75 Å². The van der Waals surface area contributed by atoms with Crippen molar-refractivity contribution >= 4 is 24.0 Å². The topological polar surface area (TPSA) is 41.6 Å². The zero-order valence-electron chi connectivity index (χ0n) is 14.8. The third-order valence-electron chi connectivity index (χ3n) is 4.54. The van der Waals surface area contributed by atoms with E-state index in [0.29, 0.717) is 12.4 Å². The van der Waals surface area contributed by atoms with Crippen LogP contribution < -0.4 is 15.0 Å². The van der Waals surface area contributed by atoms with Crippen LogP contribution in [0.15, 0.2) is 48.5 Å². The third-order valence-corrected chi connectivity index (χ3v) is 4.54. The van der Waals surface area contributed by atoms with Gasteiger partial charge in [-0.15, -0.1) is 12.4 Å². The van der Waals surface area contributed by atoms with Crippen LogP contribution in [0.4, 0.5) is 10.1 Å². The summed E-state index contributed by atoms with van der Waals surface area (Å²) in [5.74, 6) is 0.676. The van der Waals surface area contributed by atoms with E-state index in [9.17, 15) is 9.18 Å². The average Bonchev–Trinajstić information content (AvgIpc) is 2.66. The molecular weight excluding hydrogens is 355 g/mol. The molecule has 1 saturated heterocycles. The van der Waals surface area contributed by atoms with Gasteiger partial charge in [-0.2, -0.15) is 0 Å². The fourth-order valence-electron chi connectivity index (χ4n) is 3.03. The van der Waals surface area contributed by atoms with Gasteiger partial charge in [0.1, 0.15) is 18.2 Å². The molecule has 2 aromatic rings. The number of benzene rings is 2. The largest absolute Gasteiger partial charge is 0.489 e. The maximum atomic E-state index is 13.2. The van der Waals surface area contributed by atoms with Gasteiger partial charge in [0.05, 0.1) is 0 Å². The van der Waals surface area contributed by atoms with Crippen molar-refractivity contribution in [2.45, 2.75) is 19.4 Å². The first-order valence-electron chi connectivity index (χ1n) is 8.59. The van der Waals surface area contributed by atoms with E-state index in [4.69, 9.17) is 4.74 Å². The van der Waals surface area contributed by atoms with Crippen molar-refractivity contribution in [3.05, 3.63) is 59.9 Å². The smallest absolute Gasteiger partial charge is 0.229 e. The average molecular weight is 379 g/mol. The molecule has 26 heavy (non-hydrogen) atoms. The van der Waals surface area contributed by atoms with Crippen LogP contribution in [0.25, 0.3) is 0 Å². The Balaban J connectivity index is 0.00000243. The second-order valence-electron chi connectivity index (χ2n) is 6.33. The summed E-state index contributed by atoms with van der Waals surface area (Å²) in [6, 6.07) is 13.8. The van der Waals surface area contributed by atoms with Crippen LogP contribution in [-0.2, 0) is 11.4 Å². The van der Waals surface area contributed by atoms with Gasteiger partial charge in [0.25, 0.3) is 0 Å². The lowest BCUT2D eigenvalue weighted by molar-refractivity contribution is -0.122. The van der Waals surface area contributed by atoms with E-state index in [1.165, 1.54) is 12.1 Å². The number of piperidine rings is 1. The van der Waals surface area contributed by atoms with Crippen LogP contribution >= 0.6 is 12.4 Å². The number of hydrogen-bond donors (Lipinski definition) is 1. The second kappa shape index (κ2) is 9.55. The third kappa shape index (κ3) is 5.19. The predicted octanol–water partition coefficient (Wildman–Crippen LogP) is 3.79. The molecule has 1 heterocycles. The van der Waals surface area contributed by atoms with Gasteiger partial charge in [-0.05, 0) is 67.9 Å². The predicted molar refractivity (Wildman–Crippen MR) is 103 cm³/mol. The molecule has 1 amide bonds. The summed E-state index contributed by atoms with van der Waals surface area (Å²) in [5, 5.41) is 3.28. The number of nitrogens with zero attached hydrogens (tertiary/aromatic N) is 1. The fraction of sp³-hybridized carbons (Fsp3) is 0.350. The summed E-state index contributed by atoms with van der Waals surface area (Å²) in [5.41, 5.74) is 1.63. The molecule has 0 bridgehead atoms. The molecule has 1 aliphatic heterocycles. The maximum absolute atomic E-state index is 13.2. The van der Waals surface area contributed by atoms with E-state index in [2.05, 4.69) is 5.32 Å². The minimum absolute atomic E-state index is 0. The van der Waals surface area contributed by atoms with Crippen molar-refractivity contribution in [1.29, 1.82) is 0 Å². The van der Waals surface area contributed by atoms with Crippen LogP contribution in [-0.4, -0.2) is 26.0 Å². The lowest BCUT2D eigenvalue weighted by Crippen LogP contribution is -2.39. The summed E-state index contributed by atoms with van der Waals surface area (Å²) >= 11 is 0. The fourth-order valence-corrected chi connectivity index (χ4v) is 3.03. The lowest BCUT2D eigenvalue weighted by atomic mass is 9.96. The normalized spacial score (nSPS) is 14.4. The van der Waals surface area contributed by atoms with E-state index in [1.807, 2.05) is 37.4 Å². The molecule has 0 saturated carbocycles. The van der Waals surface area contributed by atoms with E-state index < -0.39 is 0 Å². The van der Waals surface area contributed by atoms with Gasteiger partial charge in [0.15, 0.2) is 0 Å². The first-order valence-corrected chi connectivity index (χ1v) is 8.59. The lowest BCUT2D eigenvalue weighted by Gasteiger charge is -2.27. The van der Waals surface area contributed by atoms with Crippen LogP contribution in [0.1, 0.15) is 18.4 Å². The maximum Gasteiger partial charge on any atom is 0.229 e. The first kappa shape index (κ1) is 20.2. The molecule has 4 nitrogen and oxygen atoms in total. The zero-order chi connectivity index (χ0) is 17.6. The van der Waals surface area contributed by atoms with Crippen molar-refractivity contribution in [1.82, 2.24) is 5.32 Å². The summed E-state index contributed by atoms with van der Waals surface area (Å²) in [7, 11) is 1.81. The Hall–Kier alpha value is -2.11. The minimum Gasteiger partial charge on any atom is -0.489 e. The molecule has 1 fully saturated rings. The van der Waals surface area contributed by atoms with Crippen LogP contribution in [0, 0.1) is 11.7 Å². The number of carbonyl (C=O) groups is 1. The highest BCUT2D eigenvalue weighted by atomic mass is 35.5. The minimum atomic E-state index is -0.269. The van der Waals surface area contributed by atoms with Crippen LogP contribution in [0.2, 0.25) is 0 Å². The molecular formula is C20H24ClFN2O2. The Kier molecular flexibility index (Phi) is 7.42. The Bertz CT molecular complexity index is 718. The molecule has 1 N–H and O–H groups in total. The van der Waals surface area contributed by atoms with Gasteiger partial charge >= 0.3 is 0 Å². The summed E-state index contributed by atoms with van der Waals surface area (Å²) < 4.78 is 18.8. The number of ether oxygens (including phenoxy) is 1. The molecule has 2 aromatic carbocycles. The van der Waals surface area contributed by atoms with Gasteiger partial charge in [-0.3, -0.25) is 4.79 Å². The van der Waals surface area contributed by atoms with Crippen molar-refractivity contribution < 1.29 is 13.9 Å². The number of carbonyl (C=O) groups excluding carboxylic acids is 1. The molecule has 0 radical (unpaired) electrons. The van der Waals surface area contributed by atoms with Gasteiger partial charge in [-0.1, -0.05) is 12.1 Å². The highest BCUT2D eigenvalue weighted by molar-refractivity contribution is 5.94. The quantitative estimate of drug-likeness (QED) is 0.860. The highest BCUT2D eigenvalue weighted by Crippen LogP contribution is 2.23. The van der Waals surface area contributed by atoms with E-state index in [0.717, 1.165) is 37.2 Å². The first-order chi connectivity index (χ1) is 12.1. The number of anilines is 1. The summed E-state index contributed by atoms with van der Waals surface area (Å²) in [6.07, 6.45) is 1.77.